The van der Waals surface area contributed by atoms with E-state index in [1.54, 1.807) is 16.7 Å². The lowest BCUT2D eigenvalue weighted by molar-refractivity contribution is 0.714. The normalized spacial score (nSPS) is 11.3. The summed E-state index contributed by atoms with van der Waals surface area (Å²) in [6, 6.07) is 19.3. The summed E-state index contributed by atoms with van der Waals surface area (Å²) in [4.78, 5) is 17.6. The molecule has 0 atom stereocenters. The minimum Gasteiger partial charge on any atom is -0.297 e. The highest BCUT2D eigenvalue weighted by atomic mass is 35.5. The molecule has 3 aromatic heterocycles. The highest BCUT2D eigenvalue weighted by Gasteiger charge is 2.17. The summed E-state index contributed by atoms with van der Waals surface area (Å²) in [5, 5.41) is 12.1. The van der Waals surface area contributed by atoms with Crippen molar-refractivity contribution in [1.82, 2.24) is 24.1 Å². The van der Waals surface area contributed by atoms with E-state index in [1.807, 2.05) is 47.8 Å². The fraction of sp³-hybridized carbons (Fsp3) is 0.0909. The zero-order valence-electron chi connectivity index (χ0n) is 16.2. The van der Waals surface area contributed by atoms with Crippen LogP contribution in [0.25, 0.3) is 16.3 Å². The van der Waals surface area contributed by atoms with Gasteiger partial charge in [0.1, 0.15) is 0 Å². The van der Waals surface area contributed by atoms with Crippen molar-refractivity contribution < 1.29 is 0 Å². The van der Waals surface area contributed by atoms with E-state index in [0.717, 1.165) is 16.3 Å². The Labute approximate surface area is 191 Å². The number of thioether (sulfide) groups is 1. The minimum absolute atomic E-state index is 0.0793. The fourth-order valence-corrected chi connectivity index (χ4v) is 5.04. The van der Waals surface area contributed by atoms with Crippen LogP contribution in [-0.4, -0.2) is 24.1 Å². The summed E-state index contributed by atoms with van der Waals surface area (Å²) in [5.41, 5.74) is 2.60. The van der Waals surface area contributed by atoms with E-state index in [9.17, 15) is 4.79 Å². The standard InChI is InChI=1S/C22H16ClN5OS2/c23-18-9-5-4-8-17(18)20-25-26-22(28(20)13-15-6-2-1-3-7-15)31-14-16-12-19(29)27-10-11-30-21(27)24-16/h1-12H,13-14H2. The Morgan fingerprint density at radius 1 is 1.03 bits per heavy atom. The van der Waals surface area contributed by atoms with Crippen LogP contribution in [0.5, 0.6) is 0 Å². The Hall–Kier alpha value is -2.94. The molecule has 6 nitrogen and oxygen atoms in total. The van der Waals surface area contributed by atoms with Gasteiger partial charge in [0, 0.05) is 29.0 Å². The van der Waals surface area contributed by atoms with E-state index in [4.69, 9.17) is 11.6 Å². The van der Waals surface area contributed by atoms with Crippen LogP contribution in [0.1, 0.15) is 11.3 Å². The molecule has 0 saturated heterocycles. The maximum Gasteiger partial charge on any atom is 0.258 e. The number of benzene rings is 2. The molecule has 154 valence electrons. The van der Waals surface area contributed by atoms with Gasteiger partial charge in [-0.25, -0.2) is 4.98 Å². The van der Waals surface area contributed by atoms with Gasteiger partial charge in [0.25, 0.3) is 5.56 Å². The highest BCUT2D eigenvalue weighted by molar-refractivity contribution is 7.98. The predicted octanol–water partition coefficient (Wildman–Crippen LogP) is 5.01. The first-order valence-electron chi connectivity index (χ1n) is 9.49. The number of thiazole rings is 1. The van der Waals surface area contributed by atoms with E-state index in [-0.39, 0.29) is 5.56 Å². The van der Waals surface area contributed by atoms with Gasteiger partial charge < -0.3 is 0 Å². The molecule has 0 bridgehead atoms. The van der Waals surface area contributed by atoms with Crippen molar-refractivity contribution in [2.75, 3.05) is 0 Å². The number of rotatable bonds is 6. The molecule has 0 N–H and O–H groups in total. The van der Waals surface area contributed by atoms with Crippen LogP contribution in [0.4, 0.5) is 0 Å². The molecule has 0 saturated carbocycles. The second-order valence-electron chi connectivity index (χ2n) is 6.79. The molecule has 0 fully saturated rings. The lowest BCUT2D eigenvalue weighted by Gasteiger charge is -2.11. The third kappa shape index (κ3) is 4.14. The molecule has 0 aliphatic heterocycles. The van der Waals surface area contributed by atoms with Crippen molar-refractivity contribution in [1.29, 1.82) is 0 Å². The van der Waals surface area contributed by atoms with Gasteiger partial charge in [-0.1, -0.05) is 65.8 Å². The summed E-state index contributed by atoms with van der Waals surface area (Å²) in [6.45, 7) is 0.608. The molecule has 31 heavy (non-hydrogen) atoms. The summed E-state index contributed by atoms with van der Waals surface area (Å²) < 4.78 is 3.60. The number of hydrogen-bond acceptors (Lipinski definition) is 6. The van der Waals surface area contributed by atoms with Crippen LogP contribution in [0, 0.1) is 0 Å². The number of halogens is 1. The van der Waals surface area contributed by atoms with Crippen LogP contribution in [0.3, 0.4) is 0 Å². The summed E-state index contributed by atoms with van der Waals surface area (Å²) in [6.07, 6.45) is 1.73. The van der Waals surface area contributed by atoms with Crippen LogP contribution >= 0.6 is 34.7 Å². The van der Waals surface area contributed by atoms with Crippen molar-refractivity contribution in [3.63, 3.8) is 0 Å². The Bertz CT molecular complexity index is 1410. The maximum absolute atomic E-state index is 12.3. The zero-order valence-corrected chi connectivity index (χ0v) is 18.6. The molecule has 0 aliphatic rings. The topological polar surface area (TPSA) is 65.1 Å². The van der Waals surface area contributed by atoms with Gasteiger partial charge in [-0.15, -0.1) is 21.5 Å². The first-order chi connectivity index (χ1) is 15.2. The van der Waals surface area contributed by atoms with Crippen molar-refractivity contribution in [2.24, 2.45) is 0 Å². The molecule has 0 amide bonds. The molecule has 5 rings (SSSR count). The van der Waals surface area contributed by atoms with Crippen molar-refractivity contribution in [3.05, 3.63) is 98.9 Å². The van der Waals surface area contributed by atoms with Crippen LogP contribution < -0.4 is 5.56 Å². The van der Waals surface area contributed by atoms with Gasteiger partial charge in [-0.05, 0) is 17.7 Å². The van der Waals surface area contributed by atoms with E-state index >= 15 is 0 Å². The first-order valence-corrected chi connectivity index (χ1v) is 11.7. The molecule has 9 heteroatoms. The Morgan fingerprint density at radius 2 is 1.84 bits per heavy atom. The molecule has 0 radical (unpaired) electrons. The third-order valence-electron chi connectivity index (χ3n) is 4.72. The monoisotopic (exact) mass is 465 g/mol. The van der Waals surface area contributed by atoms with Crippen LogP contribution in [0.15, 0.2) is 82.2 Å². The molecular formula is C22H16ClN5OS2. The van der Waals surface area contributed by atoms with Gasteiger partial charge in [-0.2, -0.15) is 0 Å². The lowest BCUT2D eigenvalue weighted by atomic mass is 10.2. The van der Waals surface area contributed by atoms with Crippen LogP contribution in [-0.2, 0) is 12.3 Å². The minimum atomic E-state index is -0.0793. The molecule has 5 aromatic rings. The lowest BCUT2D eigenvalue weighted by Crippen LogP contribution is -2.12. The van der Waals surface area contributed by atoms with Gasteiger partial charge in [0.15, 0.2) is 15.9 Å². The van der Waals surface area contributed by atoms with Crippen LogP contribution in [0.2, 0.25) is 5.02 Å². The third-order valence-corrected chi connectivity index (χ3v) is 6.81. The number of fused-ring (bicyclic) bond motifs is 1. The zero-order chi connectivity index (χ0) is 21.2. The molecule has 0 spiro atoms. The maximum atomic E-state index is 12.3. The number of aromatic nitrogens is 5. The predicted molar refractivity (Wildman–Crippen MR) is 125 cm³/mol. The first kappa shape index (κ1) is 20.0. The average Bonchev–Trinajstić information content (AvgIpc) is 3.41. The summed E-state index contributed by atoms with van der Waals surface area (Å²) >= 11 is 9.39. The van der Waals surface area contributed by atoms with E-state index in [2.05, 4.69) is 31.9 Å². The number of hydrogen-bond donors (Lipinski definition) is 0. The Balaban J connectivity index is 1.50. The Kier molecular flexibility index (Phi) is 5.59. The van der Waals surface area contributed by atoms with Crippen molar-refractivity contribution >= 4 is 39.7 Å². The molecule has 0 aliphatic carbocycles. The fourth-order valence-electron chi connectivity index (χ4n) is 3.25. The van der Waals surface area contributed by atoms with Gasteiger partial charge in [0.05, 0.1) is 17.3 Å². The molecule has 3 heterocycles. The van der Waals surface area contributed by atoms with E-state index in [1.165, 1.54) is 23.1 Å². The quantitative estimate of drug-likeness (QED) is 0.330. The molecular weight excluding hydrogens is 450 g/mol. The summed E-state index contributed by atoms with van der Waals surface area (Å²) in [7, 11) is 0. The summed E-state index contributed by atoms with van der Waals surface area (Å²) in [5.74, 6) is 1.22. The second-order valence-corrected chi connectivity index (χ2v) is 9.01. The molecule has 2 aromatic carbocycles. The van der Waals surface area contributed by atoms with Crippen molar-refractivity contribution in [3.8, 4) is 11.4 Å². The number of nitrogens with zero attached hydrogens (tertiary/aromatic N) is 5. The second kappa shape index (κ2) is 8.66. The average molecular weight is 466 g/mol. The highest BCUT2D eigenvalue weighted by Crippen LogP contribution is 2.31. The smallest absolute Gasteiger partial charge is 0.258 e. The SMILES string of the molecule is O=c1cc(CSc2nnc(-c3ccccc3Cl)n2Cc2ccccc2)nc2sccn12. The van der Waals surface area contributed by atoms with Gasteiger partial charge in [0.2, 0.25) is 0 Å². The largest absolute Gasteiger partial charge is 0.297 e. The van der Waals surface area contributed by atoms with Crippen molar-refractivity contribution in [2.45, 2.75) is 17.5 Å². The van der Waals surface area contributed by atoms with Gasteiger partial charge >= 0.3 is 0 Å². The Morgan fingerprint density at radius 3 is 2.68 bits per heavy atom. The van der Waals surface area contributed by atoms with E-state index in [0.29, 0.717) is 33.8 Å². The van der Waals surface area contributed by atoms with E-state index < -0.39 is 0 Å². The molecule has 0 unspecified atom stereocenters. The van der Waals surface area contributed by atoms with Gasteiger partial charge in [-0.3, -0.25) is 13.8 Å².